The van der Waals surface area contributed by atoms with Crippen LogP contribution in [-0.2, 0) is 4.79 Å². The van der Waals surface area contributed by atoms with Crippen LogP contribution in [0.25, 0.3) is 0 Å². The summed E-state index contributed by atoms with van der Waals surface area (Å²) in [7, 11) is 4.18. The Morgan fingerprint density at radius 3 is 2.47 bits per heavy atom. The fourth-order valence-corrected chi connectivity index (χ4v) is 3.05. The van der Waals surface area contributed by atoms with E-state index in [1.807, 2.05) is 4.90 Å². The lowest BCUT2D eigenvalue weighted by atomic mass is 9.75. The first kappa shape index (κ1) is 12.8. The van der Waals surface area contributed by atoms with Crippen LogP contribution in [0.1, 0.15) is 32.6 Å². The molecule has 2 unspecified atom stereocenters. The van der Waals surface area contributed by atoms with E-state index in [9.17, 15) is 4.79 Å². The van der Waals surface area contributed by atoms with Crippen molar-refractivity contribution in [2.24, 2.45) is 11.7 Å². The van der Waals surface area contributed by atoms with Crippen molar-refractivity contribution in [2.45, 2.75) is 44.2 Å². The maximum atomic E-state index is 12.2. The van der Waals surface area contributed by atoms with Gasteiger partial charge >= 0.3 is 0 Å². The van der Waals surface area contributed by atoms with Crippen molar-refractivity contribution in [3.63, 3.8) is 0 Å². The van der Waals surface area contributed by atoms with Crippen molar-refractivity contribution in [2.75, 3.05) is 27.2 Å². The molecule has 4 nitrogen and oxygen atoms in total. The average Bonchev–Trinajstić information content (AvgIpc) is 2.58. The molecular weight excluding hydrogens is 214 g/mol. The van der Waals surface area contributed by atoms with E-state index in [1.54, 1.807) is 0 Å². The van der Waals surface area contributed by atoms with Crippen molar-refractivity contribution in [1.82, 2.24) is 9.80 Å². The summed E-state index contributed by atoms with van der Waals surface area (Å²) >= 11 is 0. The highest BCUT2D eigenvalue weighted by Gasteiger charge is 2.39. The molecule has 4 heteroatoms. The van der Waals surface area contributed by atoms with Gasteiger partial charge in [0.05, 0.1) is 0 Å². The number of hydrogen-bond acceptors (Lipinski definition) is 3. The Hall–Kier alpha value is -0.610. The number of carbonyl (C=O) groups is 1. The zero-order valence-corrected chi connectivity index (χ0v) is 11.3. The minimum Gasteiger partial charge on any atom is -0.341 e. The second kappa shape index (κ2) is 4.58. The van der Waals surface area contributed by atoms with Crippen LogP contribution < -0.4 is 5.73 Å². The molecule has 17 heavy (non-hydrogen) atoms. The predicted molar refractivity (Wildman–Crippen MR) is 68.6 cm³/mol. The number of rotatable bonds is 3. The van der Waals surface area contributed by atoms with Gasteiger partial charge in [-0.15, -0.1) is 0 Å². The van der Waals surface area contributed by atoms with Crippen LogP contribution >= 0.6 is 0 Å². The molecule has 0 aromatic carbocycles. The van der Waals surface area contributed by atoms with Crippen molar-refractivity contribution in [3.8, 4) is 0 Å². The van der Waals surface area contributed by atoms with Gasteiger partial charge in [-0.3, -0.25) is 4.79 Å². The fraction of sp³-hybridized carbons (Fsp3) is 0.923. The van der Waals surface area contributed by atoms with Crippen LogP contribution in [0.5, 0.6) is 0 Å². The molecule has 1 aliphatic carbocycles. The Bertz CT molecular complexity index is 299. The van der Waals surface area contributed by atoms with E-state index in [2.05, 4.69) is 25.9 Å². The van der Waals surface area contributed by atoms with Gasteiger partial charge in [-0.2, -0.15) is 0 Å². The van der Waals surface area contributed by atoms with Gasteiger partial charge < -0.3 is 15.5 Å². The predicted octanol–water partition coefficient (Wildman–Crippen LogP) is 0.666. The zero-order chi connectivity index (χ0) is 12.6. The fourth-order valence-electron chi connectivity index (χ4n) is 3.05. The molecule has 2 fully saturated rings. The molecule has 0 radical (unpaired) electrons. The molecule has 2 aliphatic rings. The SMILES string of the molecule is CC1CN(C(=O)CC2(N)CCC2)CC1N(C)C. The van der Waals surface area contributed by atoms with Crippen LogP contribution in [0, 0.1) is 5.92 Å². The van der Waals surface area contributed by atoms with Gasteiger partial charge in [-0.05, 0) is 39.3 Å². The third kappa shape index (κ3) is 2.63. The molecule has 1 amide bonds. The van der Waals surface area contributed by atoms with E-state index in [0.717, 1.165) is 25.9 Å². The van der Waals surface area contributed by atoms with E-state index in [0.29, 0.717) is 18.4 Å². The van der Waals surface area contributed by atoms with E-state index in [4.69, 9.17) is 5.73 Å². The topological polar surface area (TPSA) is 49.6 Å². The van der Waals surface area contributed by atoms with Crippen LogP contribution in [0.2, 0.25) is 0 Å². The van der Waals surface area contributed by atoms with E-state index in [-0.39, 0.29) is 11.4 Å². The summed E-state index contributed by atoms with van der Waals surface area (Å²) in [5.74, 6) is 0.812. The molecule has 2 atom stereocenters. The van der Waals surface area contributed by atoms with Gasteiger partial charge in [-0.1, -0.05) is 6.92 Å². The smallest absolute Gasteiger partial charge is 0.224 e. The molecule has 0 bridgehead atoms. The minimum absolute atomic E-state index is 0.184. The molecular formula is C13H25N3O. The lowest BCUT2D eigenvalue weighted by molar-refractivity contribution is -0.132. The maximum Gasteiger partial charge on any atom is 0.224 e. The van der Waals surface area contributed by atoms with Gasteiger partial charge in [0, 0.05) is 31.1 Å². The van der Waals surface area contributed by atoms with Crippen LogP contribution in [0.15, 0.2) is 0 Å². The molecule has 1 saturated carbocycles. The molecule has 2 rings (SSSR count). The third-order valence-corrected chi connectivity index (χ3v) is 4.44. The number of carbonyl (C=O) groups excluding carboxylic acids is 1. The number of nitrogens with two attached hydrogens (primary N) is 1. The van der Waals surface area contributed by atoms with Crippen molar-refractivity contribution >= 4 is 5.91 Å². The minimum atomic E-state index is -0.184. The maximum absolute atomic E-state index is 12.2. The summed E-state index contributed by atoms with van der Waals surface area (Å²) in [5, 5.41) is 0. The molecule has 1 heterocycles. The van der Waals surface area contributed by atoms with E-state index in [1.165, 1.54) is 6.42 Å². The van der Waals surface area contributed by atoms with Gasteiger partial charge in [0.1, 0.15) is 0 Å². The van der Waals surface area contributed by atoms with E-state index < -0.39 is 0 Å². The largest absolute Gasteiger partial charge is 0.341 e. The Morgan fingerprint density at radius 1 is 1.41 bits per heavy atom. The van der Waals surface area contributed by atoms with Gasteiger partial charge in [-0.25, -0.2) is 0 Å². The molecule has 2 N–H and O–H groups in total. The molecule has 1 aliphatic heterocycles. The van der Waals surface area contributed by atoms with Crippen molar-refractivity contribution in [1.29, 1.82) is 0 Å². The van der Waals surface area contributed by atoms with Crippen molar-refractivity contribution in [3.05, 3.63) is 0 Å². The molecule has 0 aromatic heterocycles. The normalized spacial score (nSPS) is 31.7. The summed E-state index contributed by atoms with van der Waals surface area (Å²) in [6.45, 7) is 3.97. The first-order valence-electron chi connectivity index (χ1n) is 6.64. The summed E-state index contributed by atoms with van der Waals surface area (Å²) in [6.07, 6.45) is 3.75. The lowest BCUT2D eigenvalue weighted by Crippen LogP contribution is -2.50. The van der Waals surface area contributed by atoms with Crippen LogP contribution in [0.4, 0.5) is 0 Å². The lowest BCUT2D eigenvalue weighted by Gasteiger charge is -2.38. The summed E-state index contributed by atoms with van der Waals surface area (Å²) < 4.78 is 0. The first-order valence-corrected chi connectivity index (χ1v) is 6.64. The zero-order valence-electron chi connectivity index (χ0n) is 11.3. The summed E-state index contributed by atoms with van der Waals surface area (Å²) in [5.41, 5.74) is 5.96. The number of likely N-dealkylation sites (tertiary alicyclic amines) is 1. The van der Waals surface area contributed by atoms with Crippen LogP contribution in [-0.4, -0.2) is 54.5 Å². The van der Waals surface area contributed by atoms with Gasteiger partial charge in [0.2, 0.25) is 5.91 Å². The number of amides is 1. The number of likely N-dealkylation sites (N-methyl/N-ethyl adjacent to an activating group) is 1. The highest BCUT2D eigenvalue weighted by molar-refractivity contribution is 5.78. The summed E-state index contributed by atoms with van der Waals surface area (Å²) in [6, 6.07) is 0.495. The molecule has 0 aromatic rings. The molecule has 1 saturated heterocycles. The van der Waals surface area contributed by atoms with Gasteiger partial charge in [0.15, 0.2) is 0 Å². The second-order valence-corrected chi connectivity index (χ2v) is 6.20. The Kier molecular flexibility index (Phi) is 3.46. The number of nitrogens with zero attached hydrogens (tertiary/aromatic N) is 2. The Morgan fingerprint density at radius 2 is 2.06 bits per heavy atom. The highest BCUT2D eigenvalue weighted by atomic mass is 16.2. The number of hydrogen-bond donors (Lipinski definition) is 1. The standard InChI is InChI=1S/C13H25N3O/c1-10-8-16(9-11(10)15(2)3)12(17)7-13(14)5-4-6-13/h10-11H,4-9,14H2,1-3H3. The molecule has 98 valence electrons. The van der Waals surface area contributed by atoms with E-state index >= 15 is 0 Å². The van der Waals surface area contributed by atoms with Crippen LogP contribution in [0.3, 0.4) is 0 Å². The van der Waals surface area contributed by atoms with Gasteiger partial charge in [0.25, 0.3) is 0 Å². The average molecular weight is 239 g/mol. The monoisotopic (exact) mass is 239 g/mol. The Labute approximate surface area is 104 Å². The Balaban J connectivity index is 1.89. The third-order valence-electron chi connectivity index (χ3n) is 4.44. The quantitative estimate of drug-likeness (QED) is 0.787. The summed E-state index contributed by atoms with van der Waals surface area (Å²) in [4.78, 5) is 16.4. The molecule has 0 spiro atoms. The highest BCUT2D eigenvalue weighted by Crippen LogP contribution is 2.33. The van der Waals surface area contributed by atoms with Crippen molar-refractivity contribution < 1.29 is 4.79 Å². The first-order chi connectivity index (χ1) is 7.91. The second-order valence-electron chi connectivity index (χ2n) is 6.20.